The number of hydrogen-bond donors (Lipinski definition) is 1. The van der Waals surface area contributed by atoms with Crippen LogP contribution in [0.3, 0.4) is 0 Å². The molecule has 1 aliphatic carbocycles. The van der Waals surface area contributed by atoms with E-state index in [0.29, 0.717) is 6.54 Å². The maximum Gasteiger partial charge on any atom is 0.214 e. The summed E-state index contributed by atoms with van der Waals surface area (Å²) in [7, 11) is -3.12. The third-order valence-electron chi connectivity index (χ3n) is 4.87. The van der Waals surface area contributed by atoms with Crippen LogP contribution >= 0.6 is 0 Å². The number of furan rings is 1. The highest BCUT2D eigenvalue weighted by atomic mass is 32.2. The van der Waals surface area contributed by atoms with Crippen LogP contribution in [0.5, 0.6) is 0 Å². The van der Waals surface area contributed by atoms with Gasteiger partial charge in [0.1, 0.15) is 11.5 Å². The Morgan fingerprint density at radius 2 is 2.16 bits per heavy atom. The first kappa shape index (κ1) is 16.8. The largest absolute Gasteiger partial charge is 0.465 e. The number of hydrogen-bond acceptors (Lipinski definition) is 5. The Bertz CT molecular complexity index is 838. The highest BCUT2D eigenvalue weighted by molar-refractivity contribution is 7.90. The maximum absolute atomic E-state index is 12.0. The van der Waals surface area contributed by atoms with Crippen molar-refractivity contribution >= 4 is 10.0 Å². The smallest absolute Gasteiger partial charge is 0.214 e. The molecule has 4 rings (SSSR count). The summed E-state index contributed by atoms with van der Waals surface area (Å²) in [5, 5.41) is 4.27. The van der Waals surface area contributed by atoms with Gasteiger partial charge in [-0.15, -0.1) is 0 Å². The molecule has 0 bridgehead atoms. The van der Waals surface area contributed by atoms with Crippen LogP contribution in [0.1, 0.15) is 42.5 Å². The summed E-state index contributed by atoms with van der Waals surface area (Å²) >= 11 is 0. The molecule has 0 radical (unpaired) electrons. The summed E-state index contributed by atoms with van der Waals surface area (Å²) in [6.45, 7) is 4.81. The highest BCUT2D eigenvalue weighted by Crippen LogP contribution is 2.28. The van der Waals surface area contributed by atoms with Gasteiger partial charge in [0, 0.05) is 25.8 Å². The molecule has 0 aromatic carbocycles. The van der Waals surface area contributed by atoms with Crippen molar-refractivity contribution in [2.75, 3.05) is 13.1 Å². The lowest BCUT2D eigenvalue weighted by atomic mass is 10.1. The van der Waals surface area contributed by atoms with Gasteiger partial charge in [-0.3, -0.25) is 9.58 Å². The molecule has 0 saturated heterocycles. The zero-order valence-electron chi connectivity index (χ0n) is 14.4. The number of nitrogens with zero attached hydrogens (tertiary/aromatic N) is 3. The third-order valence-corrected chi connectivity index (χ3v) is 6.83. The number of aromatic nitrogens is 2. The molecule has 1 N–H and O–H groups in total. The van der Waals surface area contributed by atoms with Gasteiger partial charge >= 0.3 is 0 Å². The zero-order valence-corrected chi connectivity index (χ0v) is 15.2. The first-order valence-electron chi connectivity index (χ1n) is 8.80. The molecule has 1 saturated carbocycles. The van der Waals surface area contributed by atoms with Crippen LogP contribution < -0.4 is 4.72 Å². The standard InChI is InChI=1S/C17H24N4O3S/c1-13-2-3-16(24-13)12-20-10-14-6-8-18-21(14)15(11-20)7-9-19-25(22,23)17-4-5-17/h2-3,6,8,15,17,19H,4-5,7,9-12H2,1H3/t15-/m0/s1. The van der Waals surface area contributed by atoms with Gasteiger partial charge in [-0.05, 0) is 44.4 Å². The molecule has 1 fully saturated rings. The number of nitrogens with one attached hydrogen (secondary N) is 1. The molecule has 2 aromatic heterocycles. The van der Waals surface area contributed by atoms with E-state index in [1.54, 1.807) is 0 Å². The molecule has 3 heterocycles. The van der Waals surface area contributed by atoms with Crippen molar-refractivity contribution in [1.29, 1.82) is 0 Å². The van der Waals surface area contributed by atoms with E-state index >= 15 is 0 Å². The molecule has 25 heavy (non-hydrogen) atoms. The van der Waals surface area contributed by atoms with Gasteiger partial charge in [0.15, 0.2) is 0 Å². The van der Waals surface area contributed by atoms with Gasteiger partial charge in [-0.25, -0.2) is 13.1 Å². The fourth-order valence-electron chi connectivity index (χ4n) is 3.45. The van der Waals surface area contributed by atoms with E-state index in [-0.39, 0.29) is 11.3 Å². The van der Waals surface area contributed by atoms with E-state index in [1.165, 1.54) is 0 Å². The normalized spacial score (nSPS) is 21.4. The fraction of sp³-hybridized carbons (Fsp3) is 0.588. The molecule has 1 aliphatic heterocycles. The van der Waals surface area contributed by atoms with Crippen molar-refractivity contribution in [2.24, 2.45) is 0 Å². The Hall–Kier alpha value is -1.64. The third kappa shape index (κ3) is 3.80. The average molecular weight is 364 g/mol. The maximum atomic E-state index is 12.0. The van der Waals surface area contributed by atoms with Gasteiger partial charge in [-0.1, -0.05) is 0 Å². The Kier molecular flexibility index (Phi) is 4.43. The molecule has 136 valence electrons. The Balaban J connectivity index is 1.40. The second-order valence-electron chi connectivity index (χ2n) is 7.03. The molecule has 2 aliphatic rings. The van der Waals surface area contributed by atoms with Gasteiger partial charge < -0.3 is 4.42 Å². The van der Waals surface area contributed by atoms with E-state index in [0.717, 1.165) is 56.1 Å². The predicted octanol–water partition coefficient (Wildman–Crippen LogP) is 1.81. The SMILES string of the molecule is Cc1ccc(CN2Cc3ccnn3[C@@H](CCNS(=O)(=O)C3CC3)C2)o1. The lowest BCUT2D eigenvalue weighted by Gasteiger charge is -2.33. The van der Waals surface area contributed by atoms with Crippen LogP contribution in [0.25, 0.3) is 0 Å². The van der Waals surface area contributed by atoms with Crippen molar-refractivity contribution in [3.8, 4) is 0 Å². The van der Waals surface area contributed by atoms with Crippen molar-refractivity contribution in [1.82, 2.24) is 19.4 Å². The fourth-order valence-corrected chi connectivity index (χ4v) is 4.85. The lowest BCUT2D eigenvalue weighted by molar-refractivity contribution is 0.151. The summed E-state index contributed by atoms with van der Waals surface area (Å²) in [6, 6.07) is 6.19. The molecule has 0 amide bonds. The van der Waals surface area contributed by atoms with Crippen LogP contribution in [0.4, 0.5) is 0 Å². The Morgan fingerprint density at radius 1 is 1.32 bits per heavy atom. The predicted molar refractivity (Wildman–Crippen MR) is 93.4 cm³/mol. The summed E-state index contributed by atoms with van der Waals surface area (Å²) in [6.07, 6.45) is 4.13. The number of fused-ring (bicyclic) bond motifs is 1. The number of sulfonamides is 1. The number of rotatable bonds is 7. The molecule has 0 spiro atoms. The summed E-state index contributed by atoms with van der Waals surface area (Å²) in [5.74, 6) is 1.88. The van der Waals surface area contributed by atoms with Crippen molar-refractivity contribution in [3.63, 3.8) is 0 Å². The Morgan fingerprint density at radius 3 is 2.88 bits per heavy atom. The molecule has 1 atom stereocenters. The van der Waals surface area contributed by atoms with Gasteiger partial charge in [0.05, 0.1) is 23.5 Å². The van der Waals surface area contributed by atoms with Crippen LogP contribution in [-0.2, 0) is 23.1 Å². The van der Waals surface area contributed by atoms with E-state index in [2.05, 4.69) is 14.7 Å². The van der Waals surface area contributed by atoms with E-state index in [4.69, 9.17) is 4.42 Å². The van der Waals surface area contributed by atoms with E-state index < -0.39 is 10.0 Å². The molecule has 8 heteroatoms. The molecule has 2 aromatic rings. The molecule has 7 nitrogen and oxygen atoms in total. The Labute approximate surface area is 148 Å². The topological polar surface area (TPSA) is 80.4 Å². The van der Waals surface area contributed by atoms with Crippen LogP contribution in [-0.4, -0.2) is 41.4 Å². The number of aryl methyl sites for hydroxylation is 1. The minimum Gasteiger partial charge on any atom is -0.465 e. The highest BCUT2D eigenvalue weighted by Gasteiger charge is 2.35. The van der Waals surface area contributed by atoms with Gasteiger partial charge in [-0.2, -0.15) is 5.10 Å². The van der Waals surface area contributed by atoms with E-state index in [9.17, 15) is 8.42 Å². The summed E-state index contributed by atoms with van der Waals surface area (Å²) < 4.78 is 34.4. The lowest BCUT2D eigenvalue weighted by Crippen LogP contribution is -2.39. The van der Waals surface area contributed by atoms with E-state index in [1.807, 2.05) is 36.0 Å². The second-order valence-corrected chi connectivity index (χ2v) is 9.08. The summed E-state index contributed by atoms with van der Waals surface area (Å²) in [4.78, 5) is 2.33. The minimum absolute atomic E-state index is 0.164. The van der Waals surface area contributed by atoms with Gasteiger partial charge in [0.2, 0.25) is 10.0 Å². The first-order chi connectivity index (χ1) is 12.0. The van der Waals surface area contributed by atoms with Crippen molar-refractivity contribution in [2.45, 2.75) is 50.6 Å². The quantitative estimate of drug-likeness (QED) is 0.810. The molecule has 0 unspecified atom stereocenters. The van der Waals surface area contributed by atoms with Crippen molar-refractivity contribution in [3.05, 3.63) is 41.6 Å². The zero-order chi connectivity index (χ0) is 17.4. The van der Waals surface area contributed by atoms with Crippen LogP contribution in [0.15, 0.2) is 28.8 Å². The minimum atomic E-state index is -3.12. The molecular formula is C17H24N4O3S. The first-order valence-corrected chi connectivity index (χ1v) is 10.3. The average Bonchev–Trinajstić information content (AvgIpc) is 3.20. The molecular weight excluding hydrogens is 340 g/mol. The van der Waals surface area contributed by atoms with Gasteiger partial charge in [0.25, 0.3) is 0 Å². The second kappa shape index (κ2) is 6.59. The monoisotopic (exact) mass is 364 g/mol. The van der Waals surface area contributed by atoms with Crippen LogP contribution in [0.2, 0.25) is 0 Å². The van der Waals surface area contributed by atoms with Crippen molar-refractivity contribution < 1.29 is 12.8 Å². The van der Waals surface area contributed by atoms with Crippen LogP contribution in [0, 0.1) is 6.92 Å². The summed E-state index contributed by atoms with van der Waals surface area (Å²) in [5.41, 5.74) is 1.16.